The van der Waals surface area contributed by atoms with Crippen LogP contribution in [0.1, 0.15) is 47.7 Å². The molecule has 2 aliphatic rings. The first kappa shape index (κ1) is 20.7. The molecule has 32 heavy (non-hydrogen) atoms. The highest BCUT2D eigenvalue weighted by Gasteiger charge is 2.31. The van der Waals surface area contributed by atoms with Crippen molar-refractivity contribution in [1.29, 1.82) is 0 Å². The maximum atomic E-state index is 12.8. The molecule has 5 rings (SSSR count). The molecule has 0 radical (unpaired) electrons. The van der Waals surface area contributed by atoms with Gasteiger partial charge in [0.15, 0.2) is 5.65 Å². The number of aliphatic hydroxyl groups is 1. The van der Waals surface area contributed by atoms with E-state index in [1.165, 1.54) is 6.20 Å². The summed E-state index contributed by atoms with van der Waals surface area (Å²) >= 11 is 0. The average Bonchev–Trinajstić information content (AvgIpc) is 3.26. The molecule has 1 amide bonds. The van der Waals surface area contributed by atoms with E-state index in [1.54, 1.807) is 11.6 Å². The van der Waals surface area contributed by atoms with E-state index < -0.39 is 6.10 Å². The minimum absolute atomic E-state index is 0.224. The van der Waals surface area contributed by atoms with Crippen molar-refractivity contribution in [1.82, 2.24) is 24.9 Å². The molecule has 4 heterocycles. The molecule has 1 saturated heterocycles. The van der Waals surface area contributed by atoms with Crippen LogP contribution in [0.5, 0.6) is 0 Å². The zero-order chi connectivity index (χ0) is 22.1. The summed E-state index contributed by atoms with van der Waals surface area (Å²) < 4.78 is 7.19. The fourth-order valence-electron chi connectivity index (χ4n) is 4.12. The van der Waals surface area contributed by atoms with Crippen LogP contribution in [0.3, 0.4) is 0 Å². The van der Waals surface area contributed by atoms with Gasteiger partial charge in [0.2, 0.25) is 0 Å². The Kier molecular flexibility index (Phi) is 5.62. The van der Waals surface area contributed by atoms with Crippen molar-refractivity contribution in [2.75, 3.05) is 30.9 Å². The number of hydrogen-bond donors (Lipinski definition) is 4. The number of aliphatic hydroxyl groups excluding tert-OH is 1. The number of hydrogen-bond acceptors (Lipinski definition) is 8. The summed E-state index contributed by atoms with van der Waals surface area (Å²) in [7, 11) is 1.78. The highest BCUT2D eigenvalue weighted by Crippen LogP contribution is 2.27. The summed E-state index contributed by atoms with van der Waals surface area (Å²) in [5.41, 5.74) is 1.76. The van der Waals surface area contributed by atoms with Crippen LogP contribution in [0.15, 0.2) is 30.5 Å². The van der Waals surface area contributed by atoms with Gasteiger partial charge in [-0.25, -0.2) is 9.97 Å². The molecule has 3 aromatic heterocycles. The number of nitrogens with one attached hydrogen (secondary N) is 3. The second-order valence-electron chi connectivity index (χ2n) is 8.28. The zero-order valence-corrected chi connectivity index (χ0v) is 17.9. The Morgan fingerprint density at radius 1 is 1.22 bits per heavy atom. The highest BCUT2D eigenvalue weighted by molar-refractivity contribution is 6.00. The van der Waals surface area contributed by atoms with Gasteiger partial charge >= 0.3 is 0 Å². The number of carbonyl (C=O) groups is 1. The number of anilines is 3. The van der Waals surface area contributed by atoms with Crippen LogP contribution >= 0.6 is 0 Å². The standard InChI is InChI=1S/C22H27N7O3/c1-23-20-10-19(27-18-6-2-5-15(25-18)13-4-3-9-32-12-13)28-21-14(11-24-29(20)21)22(31)26-16-7-8-17(16)30/h2,5-6,10-11,13,16-17,23,30H,3-4,7-9,12H2,1H3,(H,26,31)(H,25,27,28)/t13-,16+,17+/m0/s1. The molecule has 1 aliphatic heterocycles. The van der Waals surface area contributed by atoms with E-state index in [1.807, 2.05) is 24.3 Å². The van der Waals surface area contributed by atoms with Crippen LogP contribution in [0.25, 0.3) is 5.65 Å². The normalized spacial score (nSPS) is 22.9. The maximum absolute atomic E-state index is 12.8. The number of amides is 1. The third-order valence-corrected chi connectivity index (χ3v) is 6.13. The Morgan fingerprint density at radius 2 is 2.12 bits per heavy atom. The molecule has 10 heteroatoms. The third kappa shape index (κ3) is 3.98. The van der Waals surface area contributed by atoms with Crippen molar-refractivity contribution in [2.45, 2.75) is 43.7 Å². The topological polar surface area (TPSA) is 126 Å². The van der Waals surface area contributed by atoms with E-state index in [-0.39, 0.29) is 11.9 Å². The Labute approximate surface area is 185 Å². The molecular formula is C22H27N7O3. The van der Waals surface area contributed by atoms with Gasteiger partial charge in [-0.2, -0.15) is 9.61 Å². The number of aromatic nitrogens is 4. The van der Waals surface area contributed by atoms with Crippen molar-refractivity contribution in [3.8, 4) is 0 Å². The molecule has 1 saturated carbocycles. The lowest BCUT2D eigenvalue weighted by atomic mass is 9.89. The molecule has 3 aromatic rings. The Bertz CT molecular complexity index is 1130. The lowest BCUT2D eigenvalue weighted by molar-refractivity contribution is 0.0448. The minimum Gasteiger partial charge on any atom is -0.391 e. The molecule has 2 fully saturated rings. The lowest BCUT2D eigenvalue weighted by Gasteiger charge is -2.32. The first-order valence-electron chi connectivity index (χ1n) is 11.0. The Balaban J connectivity index is 1.42. The number of carbonyl (C=O) groups excluding carboxylic acids is 1. The molecule has 10 nitrogen and oxygen atoms in total. The summed E-state index contributed by atoms with van der Waals surface area (Å²) in [6.45, 7) is 1.50. The van der Waals surface area contributed by atoms with Crippen molar-refractivity contribution >= 4 is 29.0 Å². The zero-order valence-electron chi connectivity index (χ0n) is 17.9. The quantitative estimate of drug-likeness (QED) is 0.462. The number of nitrogens with zero attached hydrogens (tertiary/aromatic N) is 4. The predicted octanol–water partition coefficient (Wildman–Crippen LogP) is 2.06. The summed E-state index contributed by atoms with van der Waals surface area (Å²) in [4.78, 5) is 22.2. The predicted molar refractivity (Wildman–Crippen MR) is 119 cm³/mol. The first-order chi connectivity index (χ1) is 15.6. The Morgan fingerprint density at radius 3 is 2.84 bits per heavy atom. The van der Waals surface area contributed by atoms with E-state index in [0.717, 1.165) is 31.6 Å². The average molecular weight is 438 g/mol. The smallest absolute Gasteiger partial charge is 0.257 e. The van der Waals surface area contributed by atoms with E-state index in [2.05, 4.69) is 26.0 Å². The number of pyridine rings is 1. The van der Waals surface area contributed by atoms with Gasteiger partial charge in [-0.1, -0.05) is 6.07 Å². The number of rotatable bonds is 6. The van der Waals surface area contributed by atoms with Crippen LogP contribution in [0, 0.1) is 0 Å². The molecule has 0 bridgehead atoms. The van der Waals surface area contributed by atoms with Gasteiger partial charge in [-0.15, -0.1) is 0 Å². The molecule has 168 valence electrons. The van der Waals surface area contributed by atoms with E-state index in [4.69, 9.17) is 9.72 Å². The molecule has 0 unspecified atom stereocenters. The van der Waals surface area contributed by atoms with Gasteiger partial charge in [-0.05, 0) is 37.8 Å². The summed E-state index contributed by atoms with van der Waals surface area (Å²) in [5.74, 6) is 1.89. The molecule has 4 N–H and O–H groups in total. The SMILES string of the molecule is CNc1cc(Nc2cccc([C@H]3CCCOC3)n2)nc2c(C(=O)N[C@@H]3CC[C@H]3O)cnn12. The van der Waals surface area contributed by atoms with Gasteiger partial charge in [0.05, 0.1) is 24.9 Å². The van der Waals surface area contributed by atoms with Crippen LogP contribution in [-0.2, 0) is 4.74 Å². The van der Waals surface area contributed by atoms with Gasteiger partial charge in [0.25, 0.3) is 5.91 Å². The highest BCUT2D eigenvalue weighted by atomic mass is 16.5. The fourth-order valence-corrected chi connectivity index (χ4v) is 4.12. The van der Waals surface area contributed by atoms with Crippen LogP contribution in [-0.4, -0.2) is 63.0 Å². The number of fused-ring (bicyclic) bond motifs is 1. The van der Waals surface area contributed by atoms with Crippen LogP contribution in [0.2, 0.25) is 0 Å². The van der Waals surface area contributed by atoms with Gasteiger partial charge in [0.1, 0.15) is 23.0 Å². The van der Waals surface area contributed by atoms with Crippen molar-refractivity contribution in [3.63, 3.8) is 0 Å². The Hall–Kier alpha value is -3.24. The van der Waals surface area contributed by atoms with E-state index >= 15 is 0 Å². The fraction of sp³-hybridized carbons (Fsp3) is 0.455. The van der Waals surface area contributed by atoms with Gasteiger partial charge < -0.3 is 25.8 Å². The van der Waals surface area contributed by atoms with Crippen LogP contribution in [0.4, 0.5) is 17.5 Å². The van der Waals surface area contributed by atoms with Crippen LogP contribution < -0.4 is 16.0 Å². The van der Waals surface area contributed by atoms with Gasteiger partial charge in [0, 0.05) is 31.3 Å². The van der Waals surface area contributed by atoms with Crippen molar-refractivity contribution in [2.24, 2.45) is 0 Å². The van der Waals surface area contributed by atoms with E-state index in [9.17, 15) is 9.90 Å². The minimum atomic E-state index is -0.494. The summed E-state index contributed by atoms with van der Waals surface area (Å²) in [5, 5.41) is 23.3. The van der Waals surface area contributed by atoms with E-state index in [0.29, 0.717) is 47.6 Å². The third-order valence-electron chi connectivity index (χ3n) is 6.13. The number of ether oxygens (including phenoxy) is 1. The summed E-state index contributed by atoms with van der Waals surface area (Å²) in [6, 6.07) is 7.47. The molecule has 0 spiro atoms. The second-order valence-corrected chi connectivity index (χ2v) is 8.28. The lowest BCUT2D eigenvalue weighted by Crippen LogP contribution is -2.50. The van der Waals surface area contributed by atoms with Crippen molar-refractivity contribution < 1.29 is 14.6 Å². The molecule has 1 aliphatic carbocycles. The van der Waals surface area contributed by atoms with Gasteiger partial charge in [-0.3, -0.25) is 4.79 Å². The second kappa shape index (κ2) is 8.71. The monoisotopic (exact) mass is 437 g/mol. The first-order valence-corrected chi connectivity index (χ1v) is 11.0. The molecular weight excluding hydrogens is 410 g/mol. The van der Waals surface area contributed by atoms with Crippen molar-refractivity contribution in [3.05, 3.63) is 41.7 Å². The summed E-state index contributed by atoms with van der Waals surface area (Å²) in [6.07, 6.45) is 4.57. The maximum Gasteiger partial charge on any atom is 0.257 e. The largest absolute Gasteiger partial charge is 0.391 e. The molecule has 3 atom stereocenters. The molecule has 0 aromatic carbocycles.